The number of nitrogens with one attached hydrogen (secondary N) is 1. The summed E-state index contributed by atoms with van der Waals surface area (Å²) >= 11 is 1.73. The third-order valence-corrected chi connectivity index (χ3v) is 6.68. The highest BCUT2D eigenvalue weighted by atomic mass is 32.1. The van der Waals surface area contributed by atoms with E-state index in [4.69, 9.17) is 9.98 Å². The first-order valence-corrected chi connectivity index (χ1v) is 11.3. The predicted octanol–water partition coefficient (Wildman–Crippen LogP) is 5.91. The van der Waals surface area contributed by atoms with Crippen molar-refractivity contribution < 1.29 is 5.11 Å². The van der Waals surface area contributed by atoms with Gasteiger partial charge in [0.1, 0.15) is 17.6 Å². The fraction of sp³-hybridized carbons (Fsp3) is 0.250. The van der Waals surface area contributed by atoms with Gasteiger partial charge in [0.2, 0.25) is 0 Å². The van der Waals surface area contributed by atoms with Gasteiger partial charge in [0.05, 0.1) is 18.4 Å². The van der Waals surface area contributed by atoms with E-state index in [-0.39, 0.29) is 24.0 Å². The molecule has 0 aliphatic carbocycles. The molecule has 2 aromatic heterocycles. The van der Waals surface area contributed by atoms with Crippen molar-refractivity contribution in [2.24, 2.45) is 4.99 Å². The van der Waals surface area contributed by atoms with Crippen LogP contribution in [0.2, 0.25) is 0 Å². The van der Waals surface area contributed by atoms with Crippen molar-refractivity contribution in [1.29, 1.82) is 0 Å². The van der Waals surface area contributed by atoms with Crippen LogP contribution in [0.4, 0.5) is 11.5 Å². The van der Waals surface area contributed by atoms with Gasteiger partial charge < -0.3 is 14.6 Å². The molecule has 2 atom stereocenters. The molecule has 0 amide bonds. The summed E-state index contributed by atoms with van der Waals surface area (Å²) < 4.78 is 3.35. The second-order valence-electron chi connectivity index (χ2n) is 8.11. The van der Waals surface area contributed by atoms with E-state index in [9.17, 15) is 5.11 Å². The highest BCUT2D eigenvalue weighted by Gasteiger charge is 2.32. The van der Waals surface area contributed by atoms with Crippen LogP contribution in [0.5, 0.6) is 5.75 Å². The highest BCUT2D eigenvalue weighted by molar-refractivity contribution is 7.17. The number of imidazole rings is 1. The zero-order valence-corrected chi connectivity index (χ0v) is 18.5. The lowest BCUT2D eigenvalue weighted by atomic mass is 10.1. The van der Waals surface area contributed by atoms with Gasteiger partial charge in [0.15, 0.2) is 5.82 Å². The quantitative estimate of drug-likeness (QED) is 0.412. The molecular formula is C24H25N5OS. The summed E-state index contributed by atoms with van der Waals surface area (Å²) in [4.78, 5) is 11.7. The van der Waals surface area contributed by atoms with Crippen molar-refractivity contribution in [1.82, 2.24) is 14.9 Å². The van der Waals surface area contributed by atoms with Crippen molar-refractivity contribution in [3.8, 4) is 5.75 Å². The Morgan fingerprint density at radius 1 is 1.06 bits per heavy atom. The standard InChI is InChI=1S/C24H25N5OS/c1-15(2)28-13-25-22-23(28)26-14-29(20-12-31-21-7-5-4-6-19(20)21)24(22)27-16(3)17-8-10-18(30)11-9-17/h4-16,24,27,30H,1-3H3. The smallest absolute Gasteiger partial charge is 0.161 e. The van der Waals surface area contributed by atoms with Crippen molar-refractivity contribution in [2.75, 3.05) is 4.90 Å². The van der Waals surface area contributed by atoms with Crippen LogP contribution in [-0.4, -0.2) is 21.0 Å². The molecule has 0 radical (unpaired) electrons. The Morgan fingerprint density at radius 2 is 1.84 bits per heavy atom. The molecule has 0 spiro atoms. The van der Waals surface area contributed by atoms with Gasteiger partial charge in [-0.1, -0.05) is 30.3 Å². The van der Waals surface area contributed by atoms with Crippen LogP contribution in [-0.2, 0) is 0 Å². The van der Waals surface area contributed by atoms with Crippen molar-refractivity contribution >= 4 is 39.3 Å². The third-order valence-electron chi connectivity index (χ3n) is 5.73. The molecule has 0 saturated carbocycles. The van der Waals surface area contributed by atoms with Crippen LogP contribution in [0.3, 0.4) is 0 Å². The lowest BCUT2D eigenvalue weighted by molar-refractivity contribution is 0.463. The van der Waals surface area contributed by atoms with Gasteiger partial charge in [-0.15, -0.1) is 11.3 Å². The minimum absolute atomic E-state index is 0.0431. The van der Waals surface area contributed by atoms with Gasteiger partial charge in [-0.2, -0.15) is 0 Å². The fourth-order valence-electron chi connectivity index (χ4n) is 4.01. The number of hydrogen-bond donors (Lipinski definition) is 2. The average molecular weight is 432 g/mol. The normalized spacial score (nSPS) is 16.8. The van der Waals surface area contributed by atoms with Crippen molar-refractivity contribution in [3.05, 3.63) is 71.5 Å². The number of anilines is 1. The number of fused-ring (bicyclic) bond motifs is 2. The number of rotatable bonds is 5. The first kappa shape index (κ1) is 19.8. The topological polar surface area (TPSA) is 65.7 Å². The monoisotopic (exact) mass is 431 g/mol. The first-order chi connectivity index (χ1) is 15.0. The summed E-state index contributed by atoms with van der Waals surface area (Å²) in [5.41, 5.74) is 3.13. The Kier molecular flexibility index (Phi) is 5.00. The summed E-state index contributed by atoms with van der Waals surface area (Å²) in [6, 6.07) is 16.1. The molecule has 2 N–H and O–H groups in total. The second-order valence-corrected chi connectivity index (χ2v) is 9.02. The minimum Gasteiger partial charge on any atom is -0.508 e. The van der Waals surface area contributed by atoms with E-state index >= 15 is 0 Å². The van der Waals surface area contributed by atoms with Gasteiger partial charge >= 0.3 is 0 Å². The molecule has 0 saturated heterocycles. The highest BCUT2D eigenvalue weighted by Crippen LogP contribution is 2.41. The van der Waals surface area contributed by atoms with E-state index < -0.39 is 0 Å². The zero-order valence-electron chi connectivity index (χ0n) is 17.7. The SMILES string of the molecule is CC(NC1c2ncn(C(C)C)c2N=CN1c1csc2ccccc12)c1ccc(O)cc1. The summed E-state index contributed by atoms with van der Waals surface area (Å²) in [5, 5.41) is 16.8. The van der Waals surface area contributed by atoms with E-state index in [1.165, 1.54) is 10.1 Å². The van der Waals surface area contributed by atoms with Gasteiger partial charge in [-0.3, -0.25) is 5.32 Å². The van der Waals surface area contributed by atoms with Gasteiger partial charge in [0.25, 0.3) is 0 Å². The Balaban J connectivity index is 1.57. The van der Waals surface area contributed by atoms with Gasteiger partial charge in [0, 0.05) is 27.5 Å². The molecule has 7 heteroatoms. The maximum atomic E-state index is 9.65. The number of hydrogen-bond acceptors (Lipinski definition) is 6. The molecule has 158 valence electrons. The largest absolute Gasteiger partial charge is 0.508 e. The van der Waals surface area contributed by atoms with E-state index in [0.717, 1.165) is 22.8 Å². The molecule has 6 nitrogen and oxygen atoms in total. The third kappa shape index (κ3) is 3.49. The molecule has 3 heterocycles. The van der Waals surface area contributed by atoms with E-state index in [0.29, 0.717) is 0 Å². The number of phenolic OH excluding ortho intramolecular Hbond substituents is 1. The number of aromatic nitrogens is 2. The molecule has 0 fully saturated rings. The minimum atomic E-state index is -0.172. The van der Waals surface area contributed by atoms with Crippen molar-refractivity contribution in [2.45, 2.75) is 39.0 Å². The van der Waals surface area contributed by atoms with E-state index in [2.05, 4.69) is 65.2 Å². The molecule has 2 unspecified atom stereocenters. The van der Waals surface area contributed by atoms with Crippen LogP contribution in [0.15, 0.2) is 65.2 Å². The second kappa shape index (κ2) is 7.83. The Hall–Kier alpha value is -3.16. The lowest BCUT2D eigenvalue weighted by Gasteiger charge is -2.34. The Morgan fingerprint density at radius 3 is 2.61 bits per heavy atom. The maximum absolute atomic E-state index is 9.65. The molecule has 4 aromatic rings. The van der Waals surface area contributed by atoms with Gasteiger partial charge in [-0.25, -0.2) is 9.98 Å². The molecule has 5 rings (SSSR count). The number of nitrogens with zero attached hydrogens (tertiary/aromatic N) is 4. The van der Waals surface area contributed by atoms with Gasteiger partial charge in [-0.05, 0) is 44.5 Å². The number of benzene rings is 2. The Bertz CT molecular complexity index is 1240. The number of phenols is 1. The zero-order chi connectivity index (χ0) is 21.5. The maximum Gasteiger partial charge on any atom is 0.161 e. The molecule has 31 heavy (non-hydrogen) atoms. The molecule has 1 aliphatic heterocycles. The number of aliphatic imine (C=N–C) groups is 1. The average Bonchev–Trinajstić information content (AvgIpc) is 3.39. The molecule has 1 aliphatic rings. The van der Waals surface area contributed by atoms with E-state index in [1.54, 1.807) is 23.5 Å². The summed E-state index contributed by atoms with van der Waals surface area (Å²) in [5.74, 6) is 1.16. The number of thiophene rings is 1. The van der Waals surface area contributed by atoms with Crippen LogP contribution in [0, 0.1) is 0 Å². The lowest BCUT2D eigenvalue weighted by Crippen LogP contribution is -2.40. The Labute approximate surface area is 185 Å². The van der Waals surface area contributed by atoms with Crippen LogP contribution < -0.4 is 10.2 Å². The summed E-state index contributed by atoms with van der Waals surface area (Å²) in [7, 11) is 0. The predicted molar refractivity (Wildman–Crippen MR) is 127 cm³/mol. The summed E-state index contributed by atoms with van der Waals surface area (Å²) in [6.45, 7) is 6.40. The van der Waals surface area contributed by atoms with Crippen LogP contribution >= 0.6 is 11.3 Å². The first-order valence-electron chi connectivity index (χ1n) is 10.4. The fourth-order valence-corrected chi connectivity index (χ4v) is 4.95. The number of aromatic hydroxyl groups is 1. The van der Waals surface area contributed by atoms with Crippen LogP contribution in [0.25, 0.3) is 10.1 Å². The van der Waals surface area contributed by atoms with E-state index in [1.807, 2.05) is 24.8 Å². The molecule has 0 bridgehead atoms. The molecule has 2 aromatic carbocycles. The van der Waals surface area contributed by atoms with Crippen molar-refractivity contribution in [3.63, 3.8) is 0 Å². The summed E-state index contributed by atoms with van der Waals surface area (Å²) in [6.07, 6.45) is 3.62. The molecular weight excluding hydrogens is 406 g/mol. The van der Waals surface area contributed by atoms with Crippen LogP contribution in [0.1, 0.15) is 50.3 Å².